The number of carbonyl (C=O) groups excluding carboxylic acids is 1. The summed E-state index contributed by atoms with van der Waals surface area (Å²) in [6, 6.07) is 5.42. The van der Waals surface area contributed by atoms with Gasteiger partial charge in [-0.05, 0) is 24.5 Å². The number of nitro benzene ring substituents is 1. The van der Waals surface area contributed by atoms with Crippen molar-refractivity contribution in [2.24, 2.45) is 5.92 Å². The number of benzene rings is 1. The molecule has 112 valence electrons. The number of nitro groups is 1. The van der Waals surface area contributed by atoms with Gasteiger partial charge in [-0.25, -0.2) is 4.79 Å². The van der Waals surface area contributed by atoms with Gasteiger partial charge >= 0.3 is 11.7 Å². The second-order valence-electron chi connectivity index (χ2n) is 4.92. The van der Waals surface area contributed by atoms with Gasteiger partial charge in [-0.1, -0.05) is 19.9 Å². The van der Waals surface area contributed by atoms with E-state index in [9.17, 15) is 14.9 Å². The molecule has 1 N–H and O–H groups in total. The zero-order chi connectivity index (χ0) is 16.0. The van der Waals surface area contributed by atoms with Crippen LogP contribution in [0.15, 0.2) is 18.2 Å². The molecule has 21 heavy (non-hydrogen) atoms. The van der Waals surface area contributed by atoms with Crippen molar-refractivity contribution >= 4 is 17.3 Å². The van der Waals surface area contributed by atoms with Gasteiger partial charge in [0, 0.05) is 0 Å². The highest BCUT2D eigenvalue weighted by molar-refractivity contribution is 5.81. The molecule has 0 aliphatic carbocycles. The molecule has 0 radical (unpaired) electrons. The topological polar surface area (TPSA) is 105 Å². The lowest BCUT2D eigenvalue weighted by Crippen LogP contribution is -2.32. The monoisotopic (exact) mass is 291 g/mol. The zero-order valence-corrected chi connectivity index (χ0v) is 12.1. The summed E-state index contributed by atoms with van der Waals surface area (Å²) >= 11 is 0. The van der Waals surface area contributed by atoms with Crippen LogP contribution in [0.1, 0.15) is 25.8 Å². The van der Waals surface area contributed by atoms with Gasteiger partial charge in [-0.15, -0.1) is 0 Å². The molecule has 1 rings (SSSR count). The first-order valence-electron chi connectivity index (χ1n) is 6.42. The van der Waals surface area contributed by atoms with Crippen molar-refractivity contribution in [3.8, 4) is 6.07 Å². The Balaban J connectivity index is 3.17. The van der Waals surface area contributed by atoms with E-state index >= 15 is 0 Å². The Labute approximate surface area is 122 Å². The number of rotatable bonds is 6. The first kappa shape index (κ1) is 16.4. The van der Waals surface area contributed by atoms with E-state index in [0.29, 0.717) is 6.42 Å². The molecule has 0 heterocycles. The molecule has 0 bridgehead atoms. The van der Waals surface area contributed by atoms with E-state index in [1.165, 1.54) is 25.3 Å². The summed E-state index contributed by atoms with van der Waals surface area (Å²) < 4.78 is 4.71. The van der Waals surface area contributed by atoms with Gasteiger partial charge < -0.3 is 10.1 Å². The van der Waals surface area contributed by atoms with E-state index in [4.69, 9.17) is 10.00 Å². The van der Waals surface area contributed by atoms with Crippen LogP contribution >= 0.6 is 0 Å². The molecule has 1 aromatic carbocycles. The fourth-order valence-electron chi connectivity index (χ4n) is 1.96. The van der Waals surface area contributed by atoms with E-state index in [2.05, 4.69) is 5.32 Å². The van der Waals surface area contributed by atoms with Crippen LogP contribution in [-0.2, 0) is 9.53 Å². The lowest BCUT2D eigenvalue weighted by molar-refractivity contribution is -0.384. The van der Waals surface area contributed by atoms with Crippen LogP contribution in [0.5, 0.6) is 0 Å². The van der Waals surface area contributed by atoms with Crippen LogP contribution in [0.2, 0.25) is 0 Å². The third-order valence-corrected chi connectivity index (χ3v) is 2.86. The predicted octanol–water partition coefficient (Wildman–Crippen LogP) is 2.47. The maximum atomic E-state index is 11.8. The summed E-state index contributed by atoms with van der Waals surface area (Å²) in [5.74, 6) is -0.305. The van der Waals surface area contributed by atoms with E-state index in [1.807, 2.05) is 13.8 Å². The SMILES string of the molecule is COC(=O)C(CC(C)C)Nc1cccc(C#N)c1[N+](=O)[O-]. The van der Waals surface area contributed by atoms with Crippen molar-refractivity contribution in [3.63, 3.8) is 0 Å². The molecule has 0 aliphatic heterocycles. The third-order valence-electron chi connectivity index (χ3n) is 2.86. The molecule has 1 atom stereocenters. The van der Waals surface area contributed by atoms with Crippen LogP contribution in [0.3, 0.4) is 0 Å². The Morgan fingerprint density at radius 3 is 2.67 bits per heavy atom. The fraction of sp³-hybridized carbons (Fsp3) is 0.429. The third kappa shape index (κ3) is 4.18. The van der Waals surface area contributed by atoms with Crippen LogP contribution in [0, 0.1) is 27.4 Å². The van der Waals surface area contributed by atoms with Crippen molar-refractivity contribution in [1.82, 2.24) is 0 Å². The van der Waals surface area contributed by atoms with Crippen molar-refractivity contribution in [2.45, 2.75) is 26.3 Å². The molecule has 0 amide bonds. The van der Waals surface area contributed by atoms with E-state index in [-0.39, 0.29) is 22.9 Å². The van der Waals surface area contributed by atoms with Gasteiger partial charge in [-0.3, -0.25) is 10.1 Å². The lowest BCUT2D eigenvalue weighted by atomic mass is 10.0. The Bertz CT molecular complexity index is 578. The summed E-state index contributed by atoms with van der Waals surface area (Å²) in [4.78, 5) is 22.3. The largest absolute Gasteiger partial charge is 0.467 e. The van der Waals surface area contributed by atoms with Crippen LogP contribution < -0.4 is 5.32 Å². The van der Waals surface area contributed by atoms with Crippen LogP contribution in [0.4, 0.5) is 11.4 Å². The minimum atomic E-state index is -0.706. The van der Waals surface area contributed by atoms with Crippen molar-refractivity contribution < 1.29 is 14.5 Å². The quantitative estimate of drug-likeness (QED) is 0.490. The average molecular weight is 291 g/mol. The number of para-hydroxylation sites is 1. The van der Waals surface area contributed by atoms with Crippen LogP contribution in [0.25, 0.3) is 0 Å². The second-order valence-corrected chi connectivity index (χ2v) is 4.92. The number of nitrogens with one attached hydrogen (secondary N) is 1. The first-order valence-corrected chi connectivity index (χ1v) is 6.42. The molecule has 1 unspecified atom stereocenters. The Morgan fingerprint density at radius 1 is 1.52 bits per heavy atom. The number of carbonyl (C=O) groups is 1. The van der Waals surface area contributed by atoms with E-state index < -0.39 is 16.9 Å². The summed E-state index contributed by atoms with van der Waals surface area (Å²) in [5.41, 5.74) is -0.258. The summed E-state index contributed by atoms with van der Waals surface area (Å²) in [6.45, 7) is 3.86. The molecule has 0 spiro atoms. The van der Waals surface area contributed by atoms with Gasteiger partial charge in [0.05, 0.1) is 12.0 Å². The second kappa shape index (κ2) is 7.24. The average Bonchev–Trinajstić information content (AvgIpc) is 2.44. The number of nitrogens with zero attached hydrogens (tertiary/aromatic N) is 2. The molecule has 1 aromatic rings. The van der Waals surface area contributed by atoms with Crippen molar-refractivity contribution in [1.29, 1.82) is 5.26 Å². The minimum Gasteiger partial charge on any atom is -0.467 e. The van der Waals surface area contributed by atoms with Gasteiger partial charge in [0.25, 0.3) is 0 Å². The van der Waals surface area contributed by atoms with Gasteiger partial charge in [0.15, 0.2) is 0 Å². The summed E-state index contributed by atoms with van der Waals surface area (Å²) in [7, 11) is 1.26. The number of anilines is 1. The number of ether oxygens (including phenoxy) is 1. The summed E-state index contributed by atoms with van der Waals surface area (Å²) in [5, 5.41) is 22.9. The number of hydrogen-bond acceptors (Lipinski definition) is 6. The maximum absolute atomic E-state index is 11.8. The molecule has 7 nitrogen and oxygen atoms in total. The van der Waals surface area contributed by atoms with E-state index in [1.54, 1.807) is 6.07 Å². The lowest BCUT2D eigenvalue weighted by Gasteiger charge is -2.19. The van der Waals surface area contributed by atoms with Crippen LogP contribution in [-0.4, -0.2) is 24.0 Å². The molecular formula is C14H17N3O4. The van der Waals surface area contributed by atoms with Gasteiger partial charge in [-0.2, -0.15) is 5.26 Å². The number of esters is 1. The first-order chi connectivity index (χ1) is 9.90. The molecule has 7 heteroatoms. The van der Waals surface area contributed by atoms with Crippen molar-refractivity contribution in [2.75, 3.05) is 12.4 Å². The molecular weight excluding hydrogens is 274 g/mol. The number of methoxy groups -OCH3 is 1. The smallest absolute Gasteiger partial charge is 0.328 e. The molecule has 0 aromatic heterocycles. The minimum absolute atomic E-state index is 0.0573. The fourth-order valence-corrected chi connectivity index (χ4v) is 1.96. The Hall–Kier alpha value is -2.62. The molecule has 0 saturated carbocycles. The zero-order valence-electron chi connectivity index (χ0n) is 12.1. The standard InChI is InChI=1S/C14H17N3O4/c1-9(2)7-12(14(18)21-3)16-11-6-4-5-10(8-15)13(11)17(19)20/h4-6,9,12,16H,7H2,1-3H3. The number of hydrogen-bond donors (Lipinski definition) is 1. The van der Waals surface area contributed by atoms with Gasteiger partial charge in [0.2, 0.25) is 0 Å². The highest BCUT2D eigenvalue weighted by atomic mass is 16.6. The number of nitriles is 1. The normalized spacial score (nSPS) is 11.6. The Morgan fingerprint density at radius 2 is 2.19 bits per heavy atom. The highest BCUT2D eigenvalue weighted by Gasteiger charge is 2.26. The van der Waals surface area contributed by atoms with Crippen molar-refractivity contribution in [3.05, 3.63) is 33.9 Å². The Kier molecular flexibility index (Phi) is 5.67. The molecule has 0 aliphatic rings. The highest BCUT2D eigenvalue weighted by Crippen LogP contribution is 2.29. The van der Waals surface area contributed by atoms with Gasteiger partial charge in [0.1, 0.15) is 23.4 Å². The molecule has 0 fully saturated rings. The molecule has 0 saturated heterocycles. The predicted molar refractivity (Wildman–Crippen MR) is 76.7 cm³/mol. The van der Waals surface area contributed by atoms with E-state index in [0.717, 1.165) is 0 Å². The summed E-state index contributed by atoms with van der Waals surface area (Å²) in [6.07, 6.45) is 0.459. The maximum Gasteiger partial charge on any atom is 0.328 e.